The molecule has 31 heavy (non-hydrogen) atoms. The molecule has 1 aliphatic carbocycles. The quantitative estimate of drug-likeness (QED) is 0.658. The Balaban J connectivity index is 1.27. The molecule has 5 rings (SSSR count). The minimum atomic E-state index is -1.21. The monoisotopic (exact) mass is 415 g/mol. The second kappa shape index (κ2) is 7.80. The number of carboxylic acid groups (broad SMARTS) is 1. The Labute approximate surface area is 179 Å². The molecule has 2 N–H and O–H groups in total. The molecule has 2 aliphatic rings. The molecule has 0 bridgehead atoms. The van der Waals surface area contributed by atoms with Gasteiger partial charge >= 0.3 is 12.1 Å². The van der Waals surface area contributed by atoms with Gasteiger partial charge in [-0.1, -0.05) is 66.7 Å². The number of carbonyl (C=O) groups excluding carboxylic acids is 1. The summed E-state index contributed by atoms with van der Waals surface area (Å²) in [5, 5.41) is 12.1. The average molecular weight is 415 g/mol. The van der Waals surface area contributed by atoms with Crippen LogP contribution in [0.3, 0.4) is 0 Å². The van der Waals surface area contributed by atoms with Crippen LogP contribution < -0.4 is 10.1 Å². The van der Waals surface area contributed by atoms with Gasteiger partial charge in [0.05, 0.1) is 0 Å². The van der Waals surface area contributed by atoms with E-state index in [1.807, 2.05) is 54.6 Å². The Morgan fingerprint density at radius 2 is 1.58 bits per heavy atom. The van der Waals surface area contributed by atoms with Gasteiger partial charge in [-0.2, -0.15) is 0 Å². The predicted octanol–water partition coefficient (Wildman–Crippen LogP) is 3.98. The summed E-state index contributed by atoms with van der Waals surface area (Å²) in [5.41, 5.74) is 5.38. The van der Waals surface area contributed by atoms with E-state index in [-0.39, 0.29) is 12.5 Å². The molecule has 0 aromatic heterocycles. The Morgan fingerprint density at radius 3 is 2.23 bits per heavy atom. The van der Waals surface area contributed by atoms with Crippen molar-refractivity contribution in [3.8, 4) is 16.9 Å². The highest BCUT2D eigenvalue weighted by Gasteiger charge is 2.37. The molecule has 3 aromatic rings. The molecular weight excluding hydrogens is 394 g/mol. The second-order valence-electron chi connectivity index (χ2n) is 7.75. The van der Waals surface area contributed by atoms with Crippen molar-refractivity contribution in [1.29, 1.82) is 0 Å². The standard InChI is InChI=1S/C25H21NO5/c27-24(28)23(22-13-15-7-1-6-12-21(15)31-22)26-25(29)30-14-20-18-10-4-2-8-16(18)17-9-3-5-11-19(17)20/h1-12,20,22-23H,13-14H2,(H,26,29)(H,27,28). The fraction of sp³-hybridized carbons (Fsp3) is 0.200. The zero-order valence-electron chi connectivity index (χ0n) is 16.7. The van der Waals surface area contributed by atoms with Crippen molar-refractivity contribution in [3.63, 3.8) is 0 Å². The first-order chi connectivity index (χ1) is 15.1. The molecule has 0 saturated heterocycles. The summed E-state index contributed by atoms with van der Waals surface area (Å²) in [4.78, 5) is 24.3. The van der Waals surface area contributed by atoms with E-state index in [0.29, 0.717) is 12.2 Å². The second-order valence-corrected chi connectivity index (χ2v) is 7.75. The Morgan fingerprint density at radius 1 is 0.968 bits per heavy atom. The highest BCUT2D eigenvalue weighted by atomic mass is 16.6. The number of fused-ring (bicyclic) bond motifs is 4. The van der Waals surface area contributed by atoms with Gasteiger partial charge in [0.25, 0.3) is 0 Å². The molecular formula is C25H21NO5. The molecule has 1 aliphatic heterocycles. The molecule has 6 heteroatoms. The van der Waals surface area contributed by atoms with Crippen molar-refractivity contribution in [2.45, 2.75) is 24.5 Å². The molecule has 1 amide bonds. The van der Waals surface area contributed by atoms with Crippen LogP contribution >= 0.6 is 0 Å². The lowest BCUT2D eigenvalue weighted by Crippen LogP contribution is -2.50. The zero-order valence-corrected chi connectivity index (χ0v) is 16.7. The summed E-state index contributed by atoms with van der Waals surface area (Å²) in [6.07, 6.45) is -1.04. The average Bonchev–Trinajstić information content (AvgIpc) is 3.35. The SMILES string of the molecule is O=C(NC(C(=O)O)C1Cc2ccccc2O1)OCC1c2ccccc2-c2ccccc21. The van der Waals surface area contributed by atoms with E-state index < -0.39 is 24.2 Å². The van der Waals surface area contributed by atoms with Gasteiger partial charge in [-0.15, -0.1) is 0 Å². The van der Waals surface area contributed by atoms with Crippen LogP contribution in [0.2, 0.25) is 0 Å². The van der Waals surface area contributed by atoms with Gasteiger partial charge in [0.15, 0.2) is 6.04 Å². The van der Waals surface area contributed by atoms with E-state index in [0.717, 1.165) is 27.8 Å². The number of rotatable bonds is 5. The van der Waals surface area contributed by atoms with Gasteiger partial charge in [-0.3, -0.25) is 0 Å². The van der Waals surface area contributed by atoms with Gasteiger partial charge < -0.3 is 19.9 Å². The van der Waals surface area contributed by atoms with Crippen molar-refractivity contribution >= 4 is 12.1 Å². The number of hydrogen-bond donors (Lipinski definition) is 2. The Hall–Kier alpha value is -3.80. The Bertz CT molecular complexity index is 1090. The molecule has 0 fully saturated rings. The minimum absolute atomic E-state index is 0.0894. The first kappa shape index (κ1) is 19.2. The van der Waals surface area contributed by atoms with Gasteiger partial charge in [0.1, 0.15) is 18.5 Å². The van der Waals surface area contributed by atoms with E-state index in [9.17, 15) is 14.7 Å². The van der Waals surface area contributed by atoms with Gasteiger partial charge in [0.2, 0.25) is 0 Å². The molecule has 6 nitrogen and oxygen atoms in total. The molecule has 156 valence electrons. The molecule has 3 aromatic carbocycles. The van der Waals surface area contributed by atoms with Crippen LogP contribution in [0.1, 0.15) is 22.6 Å². The molecule has 2 atom stereocenters. The highest BCUT2D eigenvalue weighted by molar-refractivity contribution is 5.81. The molecule has 0 saturated carbocycles. The topological polar surface area (TPSA) is 84.9 Å². The van der Waals surface area contributed by atoms with Crippen LogP contribution in [0.25, 0.3) is 11.1 Å². The number of para-hydroxylation sites is 1. The number of benzene rings is 3. The molecule has 0 radical (unpaired) electrons. The lowest BCUT2D eigenvalue weighted by atomic mass is 9.98. The molecule has 0 spiro atoms. The fourth-order valence-corrected chi connectivity index (χ4v) is 4.48. The van der Waals surface area contributed by atoms with E-state index in [2.05, 4.69) is 17.4 Å². The summed E-state index contributed by atoms with van der Waals surface area (Å²) in [7, 11) is 0. The minimum Gasteiger partial charge on any atom is -0.487 e. The number of carbonyl (C=O) groups is 2. The van der Waals surface area contributed by atoms with Crippen molar-refractivity contribution in [3.05, 3.63) is 89.5 Å². The maximum atomic E-state index is 12.5. The summed E-state index contributed by atoms with van der Waals surface area (Å²) in [5.74, 6) is -0.604. The number of hydrogen-bond acceptors (Lipinski definition) is 4. The van der Waals surface area contributed by atoms with Crippen LogP contribution in [0.5, 0.6) is 5.75 Å². The third kappa shape index (κ3) is 3.50. The Kier molecular flexibility index (Phi) is 4.82. The smallest absolute Gasteiger partial charge is 0.407 e. The maximum Gasteiger partial charge on any atom is 0.407 e. The molecule has 1 heterocycles. The third-order valence-corrected chi connectivity index (χ3v) is 5.93. The first-order valence-electron chi connectivity index (χ1n) is 10.2. The lowest BCUT2D eigenvalue weighted by molar-refractivity contribution is -0.141. The predicted molar refractivity (Wildman–Crippen MR) is 114 cm³/mol. The molecule has 2 unspecified atom stereocenters. The largest absolute Gasteiger partial charge is 0.487 e. The van der Waals surface area contributed by atoms with Crippen LogP contribution in [-0.4, -0.2) is 35.9 Å². The number of aliphatic carboxylic acids is 1. The van der Waals surface area contributed by atoms with Crippen LogP contribution in [-0.2, 0) is 16.0 Å². The summed E-state index contributed by atoms with van der Waals surface area (Å²) < 4.78 is 11.2. The van der Waals surface area contributed by atoms with Crippen LogP contribution in [0, 0.1) is 0 Å². The van der Waals surface area contributed by atoms with E-state index in [4.69, 9.17) is 9.47 Å². The number of ether oxygens (including phenoxy) is 2. The van der Waals surface area contributed by atoms with E-state index in [1.165, 1.54) is 0 Å². The first-order valence-corrected chi connectivity index (χ1v) is 10.2. The number of carboxylic acids is 1. The van der Waals surface area contributed by atoms with Crippen molar-refractivity contribution < 1.29 is 24.2 Å². The number of amides is 1. The van der Waals surface area contributed by atoms with Crippen molar-refractivity contribution in [2.24, 2.45) is 0 Å². The van der Waals surface area contributed by atoms with Gasteiger partial charge in [-0.05, 0) is 33.9 Å². The van der Waals surface area contributed by atoms with Crippen LogP contribution in [0.4, 0.5) is 4.79 Å². The van der Waals surface area contributed by atoms with Gasteiger partial charge in [-0.25, -0.2) is 9.59 Å². The maximum absolute atomic E-state index is 12.5. The normalized spacial score (nSPS) is 17.1. The number of nitrogens with one attached hydrogen (secondary N) is 1. The third-order valence-electron chi connectivity index (χ3n) is 5.93. The zero-order chi connectivity index (χ0) is 21.4. The van der Waals surface area contributed by atoms with Crippen molar-refractivity contribution in [2.75, 3.05) is 6.61 Å². The highest BCUT2D eigenvalue weighted by Crippen LogP contribution is 2.44. The van der Waals surface area contributed by atoms with Crippen LogP contribution in [0.15, 0.2) is 72.8 Å². The number of alkyl carbamates (subject to hydrolysis) is 1. The summed E-state index contributed by atoms with van der Waals surface area (Å²) in [6, 6.07) is 22.3. The fourth-order valence-electron chi connectivity index (χ4n) is 4.48. The lowest BCUT2D eigenvalue weighted by Gasteiger charge is -2.21. The van der Waals surface area contributed by atoms with E-state index in [1.54, 1.807) is 6.07 Å². The van der Waals surface area contributed by atoms with E-state index >= 15 is 0 Å². The summed E-state index contributed by atoms with van der Waals surface area (Å²) in [6.45, 7) is 0.123. The van der Waals surface area contributed by atoms with Crippen molar-refractivity contribution in [1.82, 2.24) is 5.32 Å². The van der Waals surface area contributed by atoms with Gasteiger partial charge in [0, 0.05) is 12.3 Å². The summed E-state index contributed by atoms with van der Waals surface area (Å²) >= 11 is 0.